The first-order chi connectivity index (χ1) is 8.62. The lowest BCUT2D eigenvalue weighted by Gasteiger charge is -2.39. The zero-order valence-corrected chi connectivity index (χ0v) is 11.9. The van der Waals surface area contributed by atoms with Gasteiger partial charge in [-0.3, -0.25) is 0 Å². The van der Waals surface area contributed by atoms with Crippen molar-refractivity contribution in [3.8, 4) is 0 Å². The molecule has 1 aromatic rings. The lowest BCUT2D eigenvalue weighted by molar-refractivity contribution is -0.0152. The molecule has 0 unspecified atom stereocenters. The highest BCUT2D eigenvalue weighted by atomic mass is 16.5. The van der Waals surface area contributed by atoms with E-state index in [2.05, 4.69) is 32.0 Å². The first kappa shape index (κ1) is 13.6. The fourth-order valence-corrected chi connectivity index (χ4v) is 2.79. The van der Waals surface area contributed by atoms with Crippen LogP contribution >= 0.6 is 0 Å². The first-order valence-electron chi connectivity index (χ1n) is 7.13. The van der Waals surface area contributed by atoms with Crippen LogP contribution in [0.15, 0.2) is 18.2 Å². The highest BCUT2D eigenvalue weighted by Crippen LogP contribution is 2.47. The molecular weight excluding hydrogens is 223 g/mol. The Morgan fingerprint density at radius 1 is 1.28 bits per heavy atom. The van der Waals surface area contributed by atoms with Gasteiger partial charge in [0.1, 0.15) is 0 Å². The lowest BCUT2D eigenvalue weighted by Crippen LogP contribution is -2.35. The van der Waals surface area contributed by atoms with Crippen molar-refractivity contribution in [2.75, 3.05) is 0 Å². The van der Waals surface area contributed by atoms with Crippen molar-refractivity contribution in [3.63, 3.8) is 0 Å². The second kappa shape index (κ2) is 5.06. The van der Waals surface area contributed by atoms with Crippen LogP contribution in [0.2, 0.25) is 0 Å². The van der Waals surface area contributed by atoms with Gasteiger partial charge in [-0.2, -0.15) is 0 Å². The quantitative estimate of drug-likeness (QED) is 0.772. The van der Waals surface area contributed by atoms with Crippen molar-refractivity contribution < 1.29 is 9.68 Å². The summed E-state index contributed by atoms with van der Waals surface area (Å²) in [5.74, 6) is 0.496. The summed E-state index contributed by atoms with van der Waals surface area (Å²) in [7, 11) is -0.714. The Hall–Kier alpha value is -0.795. The molecule has 1 aliphatic carbocycles. The molecule has 0 aromatic heterocycles. The second-order valence-corrected chi connectivity index (χ2v) is 5.32. The van der Waals surface area contributed by atoms with Gasteiger partial charge in [0.15, 0.2) is 0 Å². The van der Waals surface area contributed by atoms with Crippen LogP contribution in [0.1, 0.15) is 64.0 Å². The largest absolute Gasteiger partial charge is 0.492 e. The van der Waals surface area contributed by atoms with Crippen LogP contribution in [0.25, 0.3) is 0 Å². The molecule has 1 saturated carbocycles. The SMILES string of the molecule is CC.CC(C)c1ccc2c(c1)B(O)OC21CCC1. The predicted molar refractivity (Wildman–Crippen MR) is 76.1 cm³/mol. The molecule has 1 heterocycles. The second-order valence-electron chi connectivity index (χ2n) is 5.32. The topological polar surface area (TPSA) is 29.5 Å². The number of hydrogen-bond donors (Lipinski definition) is 1. The molecule has 2 nitrogen and oxygen atoms in total. The molecular formula is C15H23BO2. The third-order valence-electron chi connectivity index (χ3n) is 4.00. The molecule has 1 spiro atoms. The Morgan fingerprint density at radius 2 is 1.94 bits per heavy atom. The first-order valence-corrected chi connectivity index (χ1v) is 7.13. The van der Waals surface area contributed by atoms with Gasteiger partial charge in [-0.1, -0.05) is 45.9 Å². The van der Waals surface area contributed by atoms with E-state index in [1.807, 2.05) is 13.8 Å². The molecule has 0 radical (unpaired) electrons. The molecule has 1 aliphatic heterocycles. The Bertz CT molecular complexity index is 425. The Labute approximate surface area is 111 Å². The molecule has 0 bridgehead atoms. The molecule has 0 saturated heterocycles. The molecule has 3 heteroatoms. The molecule has 0 amide bonds. The minimum absolute atomic E-state index is 0.149. The summed E-state index contributed by atoms with van der Waals surface area (Å²) in [5.41, 5.74) is 3.34. The standard InChI is InChI=1S/C13H17BO2.C2H6/c1-9(2)10-4-5-11-12(8-10)14(15)16-13(11)6-3-7-13;1-2/h4-5,8-9,15H,3,6-7H2,1-2H3;1-2H3. The van der Waals surface area contributed by atoms with Crippen molar-refractivity contribution in [2.45, 2.75) is 58.5 Å². The maximum Gasteiger partial charge on any atom is 0.492 e. The number of fused-ring (bicyclic) bond motifs is 2. The average molecular weight is 246 g/mol. The van der Waals surface area contributed by atoms with E-state index in [9.17, 15) is 5.02 Å². The van der Waals surface area contributed by atoms with E-state index in [4.69, 9.17) is 4.65 Å². The summed E-state index contributed by atoms with van der Waals surface area (Å²) in [5, 5.41) is 9.97. The maximum atomic E-state index is 9.97. The number of rotatable bonds is 1. The van der Waals surface area contributed by atoms with Gasteiger partial charge < -0.3 is 9.68 Å². The molecule has 18 heavy (non-hydrogen) atoms. The van der Waals surface area contributed by atoms with Gasteiger partial charge in [-0.05, 0) is 41.8 Å². The summed E-state index contributed by atoms with van der Waals surface area (Å²) in [6.45, 7) is 8.34. The molecule has 3 rings (SSSR count). The highest BCUT2D eigenvalue weighted by Gasteiger charge is 2.50. The molecule has 98 valence electrons. The van der Waals surface area contributed by atoms with Crippen molar-refractivity contribution in [2.24, 2.45) is 0 Å². The van der Waals surface area contributed by atoms with Crippen LogP contribution in [0.4, 0.5) is 0 Å². The van der Waals surface area contributed by atoms with Crippen molar-refractivity contribution in [1.82, 2.24) is 0 Å². The molecule has 0 atom stereocenters. The van der Waals surface area contributed by atoms with E-state index in [-0.39, 0.29) is 5.60 Å². The van der Waals surface area contributed by atoms with E-state index in [1.165, 1.54) is 17.5 Å². The van der Waals surface area contributed by atoms with Gasteiger partial charge >= 0.3 is 7.12 Å². The summed E-state index contributed by atoms with van der Waals surface area (Å²) >= 11 is 0. The normalized spacial score (nSPS) is 19.3. The van der Waals surface area contributed by atoms with Gasteiger partial charge in [0.25, 0.3) is 0 Å². The van der Waals surface area contributed by atoms with E-state index >= 15 is 0 Å². The summed E-state index contributed by atoms with van der Waals surface area (Å²) in [4.78, 5) is 0. The van der Waals surface area contributed by atoms with Gasteiger partial charge in [0.2, 0.25) is 0 Å². The van der Waals surface area contributed by atoms with Crippen LogP contribution in [-0.2, 0) is 10.3 Å². The van der Waals surface area contributed by atoms with Gasteiger partial charge in [-0.25, -0.2) is 0 Å². The summed E-state index contributed by atoms with van der Waals surface area (Å²) in [6, 6.07) is 6.43. The van der Waals surface area contributed by atoms with E-state index in [0.717, 1.165) is 18.3 Å². The molecule has 1 N–H and O–H groups in total. The van der Waals surface area contributed by atoms with Crippen molar-refractivity contribution in [1.29, 1.82) is 0 Å². The third-order valence-corrected chi connectivity index (χ3v) is 4.00. The van der Waals surface area contributed by atoms with E-state index in [0.29, 0.717) is 5.92 Å². The smallest absolute Gasteiger partial charge is 0.423 e. The third kappa shape index (κ3) is 2.00. The Kier molecular flexibility index (Phi) is 3.83. The molecule has 2 aliphatic rings. The molecule has 1 aromatic carbocycles. The fraction of sp³-hybridized carbons (Fsp3) is 0.600. The fourth-order valence-electron chi connectivity index (χ4n) is 2.79. The van der Waals surface area contributed by atoms with Gasteiger partial charge in [0, 0.05) is 0 Å². The maximum absolute atomic E-state index is 9.97. The monoisotopic (exact) mass is 246 g/mol. The Morgan fingerprint density at radius 3 is 2.44 bits per heavy atom. The number of benzene rings is 1. The van der Waals surface area contributed by atoms with Gasteiger partial charge in [-0.15, -0.1) is 0 Å². The van der Waals surface area contributed by atoms with Crippen molar-refractivity contribution >= 4 is 12.6 Å². The minimum Gasteiger partial charge on any atom is -0.423 e. The average Bonchev–Trinajstić information content (AvgIpc) is 2.65. The van der Waals surface area contributed by atoms with Crippen molar-refractivity contribution in [3.05, 3.63) is 29.3 Å². The van der Waals surface area contributed by atoms with Crippen LogP contribution in [0.5, 0.6) is 0 Å². The van der Waals surface area contributed by atoms with Crippen LogP contribution < -0.4 is 5.46 Å². The Balaban J connectivity index is 0.000000574. The van der Waals surface area contributed by atoms with Crippen LogP contribution in [-0.4, -0.2) is 12.1 Å². The lowest BCUT2D eigenvalue weighted by atomic mass is 9.71. The number of hydrogen-bond acceptors (Lipinski definition) is 2. The van der Waals surface area contributed by atoms with E-state index in [1.54, 1.807) is 0 Å². The summed E-state index contributed by atoms with van der Waals surface area (Å²) in [6.07, 6.45) is 3.31. The van der Waals surface area contributed by atoms with Crippen LogP contribution in [0.3, 0.4) is 0 Å². The zero-order chi connectivity index (χ0) is 13.3. The van der Waals surface area contributed by atoms with Gasteiger partial charge in [0.05, 0.1) is 5.60 Å². The van der Waals surface area contributed by atoms with E-state index < -0.39 is 7.12 Å². The minimum atomic E-state index is -0.714. The highest BCUT2D eigenvalue weighted by molar-refractivity contribution is 6.62. The van der Waals surface area contributed by atoms with Crippen LogP contribution in [0, 0.1) is 0 Å². The summed E-state index contributed by atoms with van der Waals surface area (Å²) < 4.78 is 5.75. The predicted octanol–water partition coefficient (Wildman–Crippen LogP) is 2.93. The zero-order valence-electron chi connectivity index (χ0n) is 11.9. The molecule has 1 fully saturated rings.